The third-order valence-electron chi connectivity index (χ3n) is 3.12. The summed E-state index contributed by atoms with van der Waals surface area (Å²) in [5.41, 5.74) is 3.73. The highest BCUT2D eigenvalue weighted by Gasteiger charge is 2.23. The summed E-state index contributed by atoms with van der Waals surface area (Å²) < 4.78 is 0. The monoisotopic (exact) mass is 254 g/mol. The highest BCUT2D eigenvalue weighted by Crippen LogP contribution is 2.27. The first kappa shape index (κ1) is 11.2. The Labute approximate surface area is 111 Å². The van der Waals surface area contributed by atoms with E-state index in [1.807, 2.05) is 54.6 Å². The van der Waals surface area contributed by atoms with E-state index in [1.54, 1.807) is 0 Å². The van der Waals surface area contributed by atoms with E-state index >= 15 is 0 Å². The SMILES string of the molecule is O=C1/C(=C\c2cccc(Cl)c2)Cc2ccccc21. The molecule has 0 atom stereocenters. The number of rotatable bonds is 1. The Morgan fingerprint density at radius 3 is 2.67 bits per heavy atom. The van der Waals surface area contributed by atoms with Crippen LogP contribution in [0.5, 0.6) is 0 Å². The molecular formula is C16H11ClO. The molecule has 1 aliphatic carbocycles. The molecule has 0 unspecified atom stereocenters. The number of carbonyl (C=O) groups is 1. The van der Waals surface area contributed by atoms with Crippen LogP contribution >= 0.6 is 11.6 Å². The van der Waals surface area contributed by atoms with E-state index in [4.69, 9.17) is 11.6 Å². The van der Waals surface area contributed by atoms with Crippen molar-refractivity contribution in [3.05, 3.63) is 75.8 Å². The molecule has 0 heterocycles. The number of allylic oxidation sites excluding steroid dienone is 1. The second kappa shape index (κ2) is 4.43. The second-order valence-electron chi connectivity index (χ2n) is 4.39. The van der Waals surface area contributed by atoms with Gasteiger partial charge >= 0.3 is 0 Å². The van der Waals surface area contributed by atoms with Gasteiger partial charge in [-0.15, -0.1) is 0 Å². The number of fused-ring (bicyclic) bond motifs is 1. The maximum Gasteiger partial charge on any atom is 0.189 e. The average Bonchev–Trinajstić information content (AvgIpc) is 2.67. The molecule has 1 aliphatic rings. The van der Waals surface area contributed by atoms with Crippen molar-refractivity contribution in [3.63, 3.8) is 0 Å². The van der Waals surface area contributed by atoms with Crippen molar-refractivity contribution in [2.24, 2.45) is 0 Å². The van der Waals surface area contributed by atoms with Crippen LogP contribution in [0.25, 0.3) is 6.08 Å². The van der Waals surface area contributed by atoms with Crippen LogP contribution < -0.4 is 0 Å². The normalized spacial score (nSPS) is 16.1. The standard InChI is InChI=1S/C16H11ClO/c17-14-6-3-4-11(9-14)8-13-10-12-5-1-2-7-15(12)16(13)18/h1-9H,10H2/b13-8-. The molecule has 1 nitrogen and oxygen atoms in total. The maximum atomic E-state index is 12.2. The van der Waals surface area contributed by atoms with Crippen molar-refractivity contribution < 1.29 is 4.79 Å². The molecule has 0 aliphatic heterocycles. The number of hydrogen-bond acceptors (Lipinski definition) is 1. The third-order valence-corrected chi connectivity index (χ3v) is 3.36. The van der Waals surface area contributed by atoms with E-state index in [9.17, 15) is 4.79 Å². The van der Waals surface area contributed by atoms with Crippen LogP contribution in [0.4, 0.5) is 0 Å². The number of halogens is 1. The summed E-state index contributed by atoms with van der Waals surface area (Å²) in [6.45, 7) is 0. The van der Waals surface area contributed by atoms with Crippen LogP contribution in [0, 0.1) is 0 Å². The van der Waals surface area contributed by atoms with Crippen molar-refractivity contribution in [3.8, 4) is 0 Å². The van der Waals surface area contributed by atoms with E-state index in [2.05, 4.69) is 0 Å². The van der Waals surface area contributed by atoms with Gasteiger partial charge in [-0.05, 0) is 29.3 Å². The topological polar surface area (TPSA) is 17.1 Å². The zero-order chi connectivity index (χ0) is 12.5. The lowest BCUT2D eigenvalue weighted by atomic mass is 10.1. The largest absolute Gasteiger partial charge is 0.289 e. The van der Waals surface area contributed by atoms with E-state index < -0.39 is 0 Å². The van der Waals surface area contributed by atoms with Crippen LogP contribution in [0.1, 0.15) is 21.5 Å². The molecular weight excluding hydrogens is 244 g/mol. The van der Waals surface area contributed by atoms with E-state index in [0.717, 1.165) is 22.3 Å². The Kier molecular flexibility index (Phi) is 2.77. The summed E-state index contributed by atoms with van der Waals surface area (Å²) in [5.74, 6) is 0.130. The first-order chi connectivity index (χ1) is 8.74. The van der Waals surface area contributed by atoms with Crippen LogP contribution in [0.3, 0.4) is 0 Å². The molecule has 18 heavy (non-hydrogen) atoms. The Bertz CT molecular complexity index is 656. The quantitative estimate of drug-likeness (QED) is 0.699. The third kappa shape index (κ3) is 1.98. The van der Waals surface area contributed by atoms with Crippen LogP contribution in [0.2, 0.25) is 5.02 Å². The minimum Gasteiger partial charge on any atom is -0.289 e. The van der Waals surface area contributed by atoms with Gasteiger partial charge in [-0.2, -0.15) is 0 Å². The number of ketones is 1. The number of carbonyl (C=O) groups excluding carboxylic acids is 1. The average molecular weight is 255 g/mol. The van der Waals surface area contributed by atoms with Gasteiger partial charge in [0.05, 0.1) is 0 Å². The Hall–Kier alpha value is -1.86. The summed E-state index contributed by atoms with van der Waals surface area (Å²) in [7, 11) is 0. The van der Waals surface area contributed by atoms with Crippen LogP contribution in [-0.2, 0) is 6.42 Å². The highest BCUT2D eigenvalue weighted by atomic mass is 35.5. The zero-order valence-electron chi connectivity index (χ0n) is 9.69. The molecule has 0 saturated heterocycles. The Morgan fingerprint density at radius 2 is 1.89 bits per heavy atom. The van der Waals surface area contributed by atoms with Crippen molar-refractivity contribution in [2.75, 3.05) is 0 Å². The second-order valence-corrected chi connectivity index (χ2v) is 4.82. The summed E-state index contributed by atoms with van der Waals surface area (Å²) in [5, 5.41) is 0.687. The number of hydrogen-bond donors (Lipinski definition) is 0. The van der Waals surface area contributed by atoms with Gasteiger partial charge in [-0.1, -0.05) is 48.0 Å². The first-order valence-corrected chi connectivity index (χ1v) is 6.20. The highest BCUT2D eigenvalue weighted by molar-refractivity contribution is 6.30. The van der Waals surface area contributed by atoms with Crippen LogP contribution in [0.15, 0.2) is 54.1 Å². The molecule has 2 aromatic rings. The van der Waals surface area contributed by atoms with Crippen molar-refractivity contribution in [1.29, 1.82) is 0 Å². The summed E-state index contributed by atoms with van der Waals surface area (Å²) in [6, 6.07) is 15.3. The fourth-order valence-corrected chi connectivity index (χ4v) is 2.47. The molecule has 0 N–H and O–H groups in total. The lowest BCUT2D eigenvalue weighted by Gasteiger charge is -1.97. The minimum atomic E-state index is 0.130. The zero-order valence-corrected chi connectivity index (χ0v) is 10.4. The van der Waals surface area contributed by atoms with Gasteiger partial charge in [-0.25, -0.2) is 0 Å². The van der Waals surface area contributed by atoms with Gasteiger partial charge < -0.3 is 0 Å². The van der Waals surface area contributed by atoms with Gasteiger partial charge in [-0.3, -0.25) is 4.79 Å². The number of Topliss-reactive ketones (excluding diaryl/α,β-unsaturated/α-hetero) is 1. The van der Waals surface area contributed by atoms with Crippen molar-refractivity contribution >= 4 is 23.5 Å². The van der Waals surface area contributed by atoms with Gasteiger partial charge in [0, 0.05) is 22.6 Å². The van der Waals surface area contributed by atoms with Gasteiger partial charge in [0.1, 0.15) is 0 Å². The Balaban J connectivity index is 1.99. The van der Waals surface area contributed by atoms with Crippen molar-refractivity contribution in [2.45, 2.75) is 6.42 Å². The predicted octanol–water partition coefficient (Wildman–Crippen LogP) is 4.16. The predicted molar refractivity (Wildman–Crippen MR) is 73.9 cm³/mol. The lowest BCUT2D eigenvalue weighted by Crippen LogP contribution is -1.94. The summed E-state index contributed by atoms with van der Waals surface area (Å²) in [4.78, 5) is 12.2. The van der Waals surface area contributed by atoms with Gasteiger partial charge in [0.15, 0.2) is 5.78 Å². The molecule has 0 fully saturated rings. The van der Waals surface area contributed by atoms with E-state index in [-0.39, 0.29) is 5.78 Å². The van der Waals surface area contributed by atoms with Gasteiger partial charge in [0.2, 0.25) is 0 Å². The maximum absolute atomic E-state index is 12.2. The van der Waals surface area contributed by atoms with E-state index in [0.29, 0.717) is 11.4 Å². The molecule has 2 aromatic carbocycles. The smallest absolute Gasteiger partial charge is 0.189 e. The summed E-state index contributed by atoms with van der Waals surface area (Å²) in [6.07, 6.45) is 2.63. The molecule has 88 valence electrons. The van der Waals surface area contributed by atoms with Crippen LogP contribution in [-0.4, -0.2) is 5.78 Å². The minimum absolute atomic E-state index is 0.130. The molecule has 0 amide bonds. The fraction of sp³-hybridized carbons (Fsp3) is 0.0625. The summed E-state index contributed by atoms with van der Waals surface area (Å²) >= 11 is 5.94. The fourth-order valence-electron chi connectivity index (χ4n) is 2.27. The first-order valence-electron chi connectivity index (χ1n) is 5.83. The molecule has 0 radical (unpaired) electrons. The lowest BCUT2D eigenvalue weighted by molar-refractivity contribution is 0.104. The van der Waals surface area contributed by atoms with E-state index in [1.165, 1.54) is 0 Å². The molecule has 0 aromatic heterocycles. The number of benzene rings is 2. The Morgan fingerprint density at radius 1 is 1.06 bits per heavy atom. The molecule has 0 saturated carbocycles. The van der Waals surface area contributed by atoms with Gasteiger partial charge in [0.25, 0.3) is 0 Å². The molecule has 0 bridgehead atoms. The van der Waals surface area contributed by atoms with Crippen molar-refractivity contribution in [1.82, 2.24) is 0 Å². The molecule has 3 rings (SSSR count). The molecule has 0 spiro atoms. The molecule has 2 heteroatoms.